The molecule has 0 aliphatic heterocycles. The fourth-order valence-electron chi connectivity index (χ4n) is 1.78. The molecule has 1 aromatic rings. The van der Waals surface area contributed by atoms with E-state index in [-0.39, 0.29) is 23.6 Å². The molecule has 120 valence electrons. The molecule has 0 fully saturated rings. The van der Waals surface area contributed by atoms with Crippen molar-refractivity contribution >= 4 is 17.8 Å². The highest BCUT2D eigenvalue weighted by Crippen LogP contribution is 2.21. The predicted octanol–water partition coefficient (Wildman–Crippen LogP) is -0.969. The highest BCUT2D eigenvalue weighted by atomic mass is 16.4. The minimum absolute atomic E-state index is 0.0538. The smallest absolute Gasteiger partial charge is 0.322 e. The number of aliphatic hydroxyl groups is 2. The molecule has 2 amide bonds. The van der Waals surface area contributed by atoms with Gasteiger partial charge in [0.15, 0.2) is 0 Å². The van der Waals surface area contributed by atoms with Crippen molar-refractivity contribution < 1.29 is 29.7 Å². The van der Waals surface area contributed by atoms with Gasteiger partial charge in [-0.05, 0) is 11.6 Å². The van der Waals surface area contributed by atoms with Gasteiger partial charge < -0.3 is 26.0 Å². The molecule has 22 heavy (non-hydrogen) atoms. The molecule has 1 aromatic carbocycles. The summed E-state index contributed by atoms with van der Waals surface area (Å²) in [5, 5.41) is 33.1. The summed E-state index contributed by atoms with van der Waals surface area (Å²) in [6.07, 6.45) is -2.71. The summed E-state index contributed by atoms with van der Waals surface area (Å²) in [5.74, 6) is -2.24. The van der Waals surface area contributed by atoms with E-state index in [2.05, 4.69) is 10.6 Å². The van der Waals surface area contributed by atoms with Crippen LogP contribution in [0.2, 0.25) is 0 Å². The molecule has 0 saturated heterocycles. The Morgan fingerprint density at radius 3 is 2.36 bits per heavy atom. The van der Waals surface area contributed by atoms with Crippen molar-refractivity contribution in [3.8, 4) is 0 Å². The molecule has 0 aliphatic carbocycles. The van der Waals surface area contributed by atoms with Crippen LogP contribution in [0.5, 0.6) is 0 Å². The molecular weight excluding hydrogens is 292 g/mol. The average Bonchev–Trinajstić information content (AvgIpc) is 2.49. The Labute approximate surface area is 126 Å². The van der Waals surface area contributed by atoms with Crippen LogP contribution in [-0.2, 0) is 9.59 Å². The van der Waals surface area contributed by atoms with Crippen LogP contribution in [0.4, 0.5) is 0 Å². The monoisotopic (exact) mass is 310 g/mol. The number of carbonyl (C=O) groups is 3. The average molecular weight is 310 g/mol. The molecule has 0 bridgehead atoms. The SMILES string of the molecule is CC(=O)NCC(O)C(O)c1ccccc1C(=O)NCC(=O)O. The van der Waals surface area contributed by atoms with Crippen LogP contribution in [0.25, 0.3) is 0 Å². The first-order valence-corrected chi connectivity index (χ1v) is 6.52. The number of aliphatic carboxylic acids is 1. The van der Waals surface area contributed by atoms with Crippen molar-refractivity contribution in [3.63, 3.8) is 0 Å². The van der Waals surface area contributed by atoms with Crippen molar-refractivity contribution in [2.75, 3.05) is 13.1 Å². The first-order chi connectivity index (χ1) is 10.3. The maximum atomic E-state index is 11.9. The van der Waals surface area contributed by atoms with Gasteiger partial charge in [-0.1, -0.05) is 18.2 Å². The molecule has 2 unspecified atom stereocenters. The number of aliphatic hydroxyl groups excluding tert-OH is 2. The maximum Gasteiger partial charge on any atom is 0.322 e. The Balaban J connectivity index is 2.87. The lowest BCUT2D eigenvalue weighted by Crippen LogP contribution is -2.35. The van der Waals surface area contributed by atoms with Crippen molar-refractivity contribution in [1.82, 2.24) is 10.6 Å². The number of rotatable bonds is 7. The molecule has 0 spiro atoms. The first kappa shape index (κ1) is 17.6. The van der Waals surface area contributed by atoms with Gasteiger partial charge in [0.25, 0.3) is 5.91 Å². The van der Waals surface area contributed by atoms with Gasteiger partial charge in [0.05, 0.1) is 0 Å². The highest BCUT2D eigenvalue weighted by Gasteiger charge is 2.23. The number of benzene rings is 1. The van der Waals surface area contributed by atoms with Crippen LogP contribution >= 0.6 is 0 Å². The molecule has 0 heterocycles. The summed E-state index contributed by atoms with van der Waals surface area (Å²) in [4.78, 5) is 33.2. The Morgan fingerprint density at radius 1 is 1.14 bits per heavy atom. The predicted molar refractivity (Wildman–Crippen MR) is 76.1 cm³/mol. The van der Waals surface area contributed by atoms with Gasteiger partial charge in [0.1, 0.15) is 18.8 Å². The second-order valence-corrected chi connectivity index (χ2v) is 4.61. The van der Waals surface area contributed by atoms with Crippen molar-refractivity contribution in [1.29, 1.82) is 0 Å². The van der Waals surface area contributed by atoms with Crippen LogP contribution in [0, 0.1) is 0 Å². The topological polar surface area (TPSA) is 136 Å². The van der Waals surface area contributed by atoms with Gasteiger partial charge in [0.2, 0.25) is 5.91 Å². The maximum absolute atomic E-state index is 11.9. The van der Waals surface area contributed by atoms with Crippen LogP contribution < -0.4 is 10.6 Å². The standard InChI is InChI=1S/C14H18N2O6/c1-8(17)15-6-11(18)13(21)9-4-2-3-5-10(9)14(22)16-7-12(19)20/h2-5,11,13,18,21H,6-7H2,1H3,(H,15,17)(H,16,22)(H,19,20). The molecule has 2 atom stereocenters. The molecule has 8 nitrogen and oxygen atoms in total. The summed E-state index contributed by atoms with van der Waals surface area (Å²) < 4.78 is 0. The van der Waals surface area contributed by atoms with Crippen molar-refractivity contribution in [2.45, 2.75) is 19.1 Å². The van der Waals surface area contributed by atoms with Gasteiger partial charge in [-0.25, -0.2) is 0 Å². The molecule has 5 N–H and O–H groups in total. The fourth-order valence-corrected chi connectivity index (χ4v) is 1.78. The number of carbonyl (C=O) groups excluding carboxylic acids is 2. The number of nitrogens with one attached hydrogen (secondary N) is 2. The van der Waals surface area contributed by atoms with Crippen LogP contribution in [0.15, 0.2) is 24.3 Å². The Hall–Kier alpha value is -2.45. The lowest BCUT2D eigenvalue weighted by Gasteiger charge is -2.20. The minimum Gasteiger partial charge on any atom is -0.480 e. The first-order valence-electron chi connectivity index (χ1n) is 6.52. The summed E-state index contributed by atoms with van der Waals surface area (Å²) in [6.45, 7) is 0.533. The van der Waals surface area contributed by atoms with Crippen molar-refractivity contribution in [2.24, 2.45) is 0 Å². The van der Waals surface area contributed by atoms with Gasteiger partial charge in [0, 0.05) is 19.0 Å². The summed E-state index contributed by atoms with van der Waals surface area (Å²) in [5.41, 5.74) is 0.196. The number of carboxylic acid groups (broad SMARTS) is 1. The van der Waals surface area contributed by atoms with E-state index in [1.165, 1.54) is 19.1 Å². The number of amides is 2. The Kier molecular flexibility index (Phi) is 6.48. The lowest BCUT2D eigenvalue weighted by molar-refractivity contribution is -0.135. The summed E-state index contributed by atoms with van der Waals surface area (Å²) in [6, 6.07) is 5.96. The Bertz CT molecular complexity index is 560. The van der Waals surface area contributed by atoms with Crippen molar-refractivity contribution in [3.05, 3.63) is 35.4 Å². The van der Waals surface area contributed by atoms with E-state index in [0.717, 1.165) is 0 Å². The highest BCUT2D eigenvalue weighted by molar-refractivity contribution is 5.97. The van der Waals surface area contributed by atoms with Crippen LogP contribution in [0.1, 0.15) is 28.9 Å². The molecule has 0 radical (unpaired) electrons. The van der Waals surface area contributed by atoms with Crippen LogP contribution in [-0.4, -0.2) is 52.3 Å². The largest absolute Gasteiger partial charge is 0.480 e. The van der Waals surface area contributed by atoms with E-state index < -0.39 is 30.6 Å². The summed E-state index contributed by atoms with van der Waals surface area (Å²) >= 11 is 0. The van der Waals surface area contributed by atoms with E-state index in [0.29, 0.717) is 0 Å². The zero-order valence-electron chi connectivity index (χ0n) is 11.9. The number of hydrogen-bond donors (Lipinski definition) is 5. The van der Waals surface area contributed by atoms with E-state index in [9.17, 15) is 24.6 Å². The fraction of sp³-hybridized carbons (Fsp3) is 0.357. The second kappa shape index (κ2) is 8.11. The van der Waals surface area contributed by atoms with Gasteiger partial charge >= 0.3 is 5.97 Å². The molecule has 8 heteroatoms. The third-order valence-electron chi connectivity index (χ3n) is 2.85. The second-order valence-electron chi connectivity index (χ2n) is 4.61. The zero-order chi connectivity index (χ0) is 16.7. The molecule has 0 aliphatic rings. The molecular formula is C14H18N2O6. The normalized spacial score (nSPS) is 13.0. The summed E-state index contributed by atoms with van der Waals surface area (Å²) in [7, 11) is 0. The van der Waals surface area contributed by atoms with Gasteiger partial charge in [-0.2, -0.15) is 0 Å². The Morgan fingerprint density at radius 2 is 1.77 bits per heavy atom. The zero-order valence-corrected chi connectivity index (χ0v) is 11.9. The molecule has 0 aromatic heterocycles. The van der Waals surface area contributed by atoms with Gasteiger partial charge in [-0.15, -0.1) is 0 Å². The lowest BCUT2D eigenvalue weighted by atomic mass is 9.98. The number of carboxylic acids is 1. The number of hydrogen-bond acceptors (Lipinski definition) is 5. The van der Waals surface area contributed by atoms with E-state index in [1.807, 2.05) is 0 Å². The minimum atomic E-state index is -1.40. The van der Waals surface area contributed by atoms with E-state index in [4.69, 9.17) is 5.11 Å². The van der Waals surface area contributed by atoms with Crippen LogP contribution in [0.3, 0.4) is 0 Å². The van der Waals surface area contributed by atoms with Gasteiger partial charge in [-0.3, -0.25) is 14.4 Å². The van der Waals surface area contributed by atoms with E-state index in [1.54, 1.807) is 12.1 Å². The third-order valence-corrected chi connectivity index (χ3v) is 2.85. The quantitative estimate of drug-likeness (QED) is 0.440. The van der Waals surface area contributed by atoms with E-state index >= 15 is 0 Å². The molecule has 0 saturated carbocycles. The molecule has 1 rings (SSSR count). The third kappa shape index (κ3) is 5.15.